The van der Waals surface area contributed by atoms with E-state index in [9.17, 15) is 0 Å². The quantitative estimate of drug-likeness (QED) is 0.751. The van der Waals surface area contributed by atoms with Crippen molar-refractivity contribution in [3.05, 3.63) is 0 Å². The lowest BCUT2D eigenvalue weighted by molar-refractivity contribution is 0.0429. The van der Waals surface area contributed by atoms with Gasteiger partial charge in [0.05, 0.1) is 0 Å². The van der Waals surface area contributed by atoms with Gasteiger partial charge in [-0.25, -0.2) is 0 Å². The molecule has 1 N–H and O–H groups in total. The van der Waals surface area contributed by atoms with Crippen molar-refractivity contribution in [1.82, 2.24) is 15.1 Å². The van der Waals surface area contributed by atoms with Crippen LogP contribution in [0.3, 0.4) is 0 Å². The van der Waals surface area contributed by atoms with Crippen LogP contribution in [0, 0.1) is 0 Å². The molecule has 0 unspecified atom stereocenters. The normalized spacial score (nSPS) is 31.5. The van der Waals surface area contributed by atoms with Crippen LogP contribution in [-0.4, -0.2) is 61.2 Å². The third-order valence-electron chi connectivity index (χ3n) is 4.73. The number of nitrogens with zero attached hydrogens (tertiary/aromatic N) is 2. The van der Waals surface area contributed by atoms with Crippen molar-refractivity contribution in [3.8, 4) is 0 Å². The van der Waals surface area contributed by atoms with E-state index in [0.29, 0.717) is 0 Å². The fourth-order valence-electron chi connectivity index (χ4n) is 3.49. The molecule has 0 amide bonds. The Morgan fingerprint density at radius 3 is 1.81 bits per heavy atom. The van der Waals surface area contributed by atoms with E-state index in [1.807, 2.05) is 0 Å². The molecule has 3 aliphatic heterocycles. The average Bonchev–Trinajstić information content (AvgIpc) is 2.29. The van der Waals surface area contributed by atoms with Gasteiger partial charge in [-0.1, -0.05) is 0 Å². The van der Waals surface area contributed by atoms with Crippen molar-refractivity contribution in [2.45, 2.75) is 44.2 Å². The molecule has 3 aliphatic rings. The van der Waals surface area contributed by atoms with E-state index < -0.39 is 0 Å². The summed E-state index contributed by atoms with van der Waals surface area (Å²) in [5, 5.41) is 3.46. The summed E-state index contributed by atoms with van der Waals surface area (Å²) in [6.07, 6.45) is 7.02. The first-order chi connectivity index (χ1) is 7.93. The van der Waals surface area contributed by atoms with Crippen LogP contribution in [0.2, 0.25) is 0 Å². The third kappa shape index (κ3) is 2.27. The predicted molar refractivity (Wildman–Crippen MR) is 66.7 cm³/mol. The highest BCUT2D eigenvalue weighted by Gasteiger charge is 2.30. The van der Waals surface area contributed by atoms with Gasteiger partial charge in [0.15, 0.2) is 0 Å². The highest BCUT2D eigenvalue weighted by atomic mass is 15.2. The van der Waals surface area contributed by atoms with Gasteiger partial charge in [0.25, 0.3) is 0 Å². The Balaban J connectivity index is 1.45. The molecular formula is C13H25N3. The molecule has 0 spiro atoms. The number of nitrogens with one attached hydrogen (secondary N) is 1. The monoisotopic (exact) mass is 223 g/mol. The molecular weight excluding hydrogens is 198 g/mol. The molecule has 3 saturated heterocycles. The molecule has 0 atom stereocenters. The van der Waals surface area contributed by atoms with E-state index in [1.165, 1.54) is 71.4 Å². The standard InChI is InChI=1S/C13H25N3/c1-8-15(9-1)13-4-10-16(11-5-13)12-2-6-14-7-3-12/h12-14H,1-11H2. The minimum atomic E-state index is 0.888. The van der Waals surface area contributed by atoms with Crippen molar-refractivity contribution >= 4 is 0 Å². The van der Waals surface area contributed by atoms with Gasteiger partial charge in [-0.15, -0.1) is 0 Å². The van der Waals surface area contributed by atoms with Gasteiger partial charge in [-0.2, -0.15) is 0 Å². The molecule has 0 bridgehead atoms. The summed E-state index contributed by atoms with van der Waals surface area (Å²) in [4.78, 5) is 5.46. The number of rotatable bonds is 2. The first-order valence-electron chi connectivity index (χ1n) is 7.12. The molecule has 16 heavy (non-hydrogen) atoms. The second kappa shape index (κ2) is 5.03. The molecule has 3 nitrogen and oxygen atoms in total. The van der Waals surface area contributed by atoms with Crippen LogP contribution in [-0.2, 0) is 0 Å². The summed E-state index contributed by atoms with van der Waals surface area (Å²) in [6.45, 7) is 7.92. The maximum absolute atomic E-state index is 3.46. The highest BCUT2D eigenvalue weighted by molar-refractivity contribution is 4.87. The first-order valence-corrected chi connectivity index (χ1v) is 7.12. The summed E-state index contributed by atoms with van der Waals surface area (Å²) >= 11 is 0. The van der Waals surface area contributed by atoms with Crippen LogP contribution in [0.25, 0.3) is 0 Å². The van der Waals surface area contributed by atoms with E-state index in [0.717, 1.165) is 12.1 Å². The zero-order valence-electron chi connectivity index (χ0n) is 10.3. The summed E-state index contributed by atoms with van der Waals surface area (Å²) in [5.41, 5.74) is 0. The SMILES string of the molecule is C1CN(C2CCN(C3CCNCC3)CC2)C1. The van der Waals surface area contributed by atoms with E-state index >= 15 is 0 Å². The van der Waals surface area contributed by atoms with Crippen LogP contribution >= 0.6 is 0 Å². The van der Waals surface area contributed by atoms with Gasteiger partial charge >= 0.3 is 0 Å². The average molecular weight is 223 g/mol. The van der Waals surface area contributed by atoms with Gasteiger partial charge in [-0.05, 0) is 71.4 Å². The van der Waals surface area contributed by atoms with E-state index in [2.05, 4.69) is 15.1 Å². The summed E-state index contributed by atoms with van der Waals surface area (Å²) in [7, 11) is 0. The molecule has 0 aliphatic carbocycles. The summed E-state index contributed by atoms with van der Waals surface area (Å²) in [5.74, 6) is 0. The molecule has 0 aromatic rings. The number of likely N-dealkylation sites (tertiary alicyclic amines) is 2. The van der Waals surface area contributed by atoms with Crippen LogP contribution in [0.1, 0.15) is 32.1 Å². The maximum atomic E-state index is 3.46. The summed E-state index contributed by atoms with van der Waals surface area (Å²) < 4.78 is 0. The van der Waals surface area contributed by atoms with Crippen molar-refractivity contribution < 1.29 is 0 Å². The Labute approximate surface area is 99.2 Å². The van der Waals surface area contributed by atoms with Crippen LogP contribution in [0.5, 0.6) is 0 Å². The zero-order valence-corrected chi connectivity index (χ0v) is 10.3. The van der Waals surface area contributed by atoms with Crippen molar-refractivity contribution in [1.29, 1.82) is 0 Å². The van der Waals surface area contributed by atoms with E-state index in [-0.39, 0.29) is 0 Å². The Kier molecular flexibility index (Phi) is 3.46. The minimum Gasteiger partial charge on any atom is -0.317 e. The molecule has 3 rings (SSSR count). The fraction of sp³-hybridized carbons (Fsp3) is 1.00. The van der Waals surface area contributed by atoms with E-state index in [4.69, 9.17) is 0 Å². The minimum absolute atomic E-state index is 0.888. The van der Waals surface area contributed by atoms with Crippen LogP contribution < -0.4 is 5.32 Å². The predicted octanol–water partition coefficient (Wildman–Crippen LogP) is 0.908. The highest BCUT2D eigenvalue weighted by Crippen LogP contribution is 2.24. The largest absolute Gasteiger partial charge is 0.317 e. The molecule has 0 radical (unpaired) electrons. The van der Waals surface area contributed by atoms with Crippen LogP contribution in [0.15, 0.2) is 0 Å². The van der Waals surface area contributed by atoms with Crippen molar-refractivity contribution in [2.24, 2.45) is 0 Å². The third-order valence-corrected chi connectivity index (χ3v) is 4.73. The number of hydrogen-bond donors (Lipinski definition) is 1. The second-order valence-electron chi connectivity index (χ2n) is 5.64. The van der Waals surface area contributed by atoms with Gasteiger partial charge in [0.1, 0.15) is 0 Å². The molecule has 92 valence electrons. The maximum Gasteiger partial charge on any atom is 0.0120 e. The second-order valence-corrected chi connectivity index (χ2v) is 5.64. The fourth-order valence-corrected chi connectivity index (χ4v) is 3.49. The zero-order chi connectivity index (χ0) is 10.8. The lowest BCUT2D eigenvalue weighted by Crippen LogP contribution is -2.53. The smallest absolute Gasteiger partial charge is 0.0120 e. The Hall–Kier alpha value is -0.120. The lowest BCUT2D eigenvalue weighted by atomic mass is 9.96. The van der Waals surface area contributed by atoms with Gasteiger partial charge in [0.2, 0.25) is 0 Å². The van der Waals surface area contributed by atoms with Crippen molar-refractivity contribution in [3.63, 3.8) is 0 Å². The topological polar surface area (TPSA) is 18.5 Å². The molecule has 3 heteroatoms. The number of piperidine rings is 2. The summed E-state index contributed by atoms with van der Waals surface area (Å²) in [6, 6.07) is 1.81. The van der Waals surface area contributed by atoms with Gasteiger partial charge < -0.3 is 15.1 Å². The van der Waals surface area contributed by atoms with Crippen molar-refractivity contribution in [2.75, 3.05) is 39.3 Å². The van der Waals surface area contributed by atoms with Gasteiger partial charge in [0, 0.05) is 12.1 Å². The van der Waals surface area contributed by atoms with E-state index in [1.54, 1.807) is 0 Å². The molecule has 0 aromatic heterocycles. The number of hydrogen-bond acceptors (Lipinski definition) is 3. The Morgan fingerprint density at radius 1 is 0.688 bits per heavy atom. The Bertz CT molecular complexity index is 213. The van der Waals surface area contributed by atoms with Crippen LogP contribution in [0.4, 0.5) is 0 Å². The Morgan fingerprint density at radius 2 is 1.25 bits per heavy atom. The molecule has 3 fully saturated rings. The lowest BCUT2D eigenvalue weighted by Gasteiger charge is -2.45. The molecule has 3 heterocycles. The molecule has 0 aromatic carbocycles. The first kappa shape index (κ1) is 11.0. The molecule has 0 saturated carbocycles. The van der Waals surface area contributed by atoms with Gasteiger partial charge in [-0.3, -0.25) is 0 Å².